The molecule has 1 heterocycles. The van der Waals surface area contributed by atoms with E-state index in [1.54, 1.807) is 0 Å². The molecule has 0 saturated heterocycles. The molecular weight excluding hydrogens is 384 g/mol. The van der Waals surface area contributed by atoms with Gasteiger partial charge in [0.2, 0.25) is 5.91 Å². The summed E-state index contributed by atoms with van der Waals surface area (Å²) >= 11 is 0. The molecule has 1 amide bonds. The molecule has 1 aromatic heterocycles. The van der Waals surface area contributed by atoms with Gasteiger partial charge in [-0.15, -0.1) is 5.10 Å². The van der Waals surface area contributed by atoms with Gasteiger partial charge >= 0.3 is 5.97 Å². The summed E-state index contributed by atoms with van der Waals surface area (Å²) in [6.45, 7) is 1.42. The zero-order valence-corrected chi connectivity index (χ0v) is 18.5. The maximum Gasteiger partial charge on any atom is 0.326 e. The van der Waals surface area contributed by atoms with Crippen molar-refractivity contribution in [2.24, 2.45) is 0 Å². The van der Waals surface area contributed by atoms with Crippen molar-refractivity contribution < 1.29 is 19.5 Å². The van der Waals surface area contributed by atoms with Crippen LogP contribution in [0.15, 0.2) is 0 Å². The number of nitrogens with one attached hydrogen (secondary N) is 3. The van der Waals surface area contributed by atoms with E-state index >= 15 is 0 Å². The van der Waals surface area contributed by atoms with Crippen LogP contribution in [-0.2, 0) is 20.8 Å². The van der Waals surface area contributed by atoms with Crippen LogP contribution in [-0.4, -0.2) is 44.2 Å². The molecule has 0 aliphatic rings. The van der Waals surface area contributed by atoms with Crippen LogP contribution in [0.4, 0.5) is 0 Å². The van der Waals surface area contributed by atoms with Crippen LogP contribution in [0.5, 0.6) is 0 Å². The van der Waals surface area contributed by atoms with E-state index in [0.717, 1.165) is 31.5 Å². The number of aliphatic carboxylic acids is 1. The van der Waals surface area contributed by atoms with Gasteiger partial charge < -0.3 is 15.2 Å². The number of unbranched alkanes of at least 4 members (excludes halogenated alkanes) is 11. The summed E-state index contributed by atoms with van der Waals surface area (Å²) in [4.78, 5) is 34.0. The van der Waals surface area contributed by atoms with E-state index in [9.17, 15) is 14.4 Å². The number of aryl methyl sites for hydroxylation is 1. The van der Waals surface area contributed by atoms with Gasteiger partial charge in [-0.1, -0.05) is 64.2 Å². The topological polar surface area (TPSA) is 128 Å². The third-order valence-corrected chi connectivity index (χ3v) is 5.38. The lowest BCUT2D eigenvalue weighted by Gasteiger charge is -2.13. The number of ketones is 1. The molecule has 4 N–H and O–H groups in total. The van der Waals surface area contributed by atoms with Crippen molar-refractivity contribution in [2.75, 3.05) is 0 Å². The van der Waals surface area contributed by atoms with Gasteiger partial charge in [0.25, 0.3) is 0 Å². The number of Topliss-reactive ketones (excluding diaryl/α,β-unsaturated/α-hetero) is 1. The smallest absolute Gasteiger partial charge is 0.326 e. The molecule has 0 aliphatic heterocycles. The quantitative estimate of drug-likeness (QED) is 0.232. The second kappa shape index (κ2) is 16.7. The molecule has 0 bridgehead atoms. The van der Waals surface area contributed by atoms with E-state index in [0.29, 0.717) is 6.42 Å². The Hall–Kier alpha value is -2.12. The summed E-state index contributed by atoms with van der Waals surface area (Å²) in [5.74, 6) is -0.311. The van der Waals surface area contributed by atoms with E-state index in [1.165, 1.54) is 64.7 Å². The molecule has 0 spiro atoms. The first-order chi connectivity index (χ1) is 14.5. The summed E-state index contributed by atoms with van der Waals surface area (Å²) in [5, 5.41) is 21.3. The van der Waals surface area contributed by atoms with Crippen LogP contribution in [0, 0.1) is 0 Å². The van der Waals surface area contributed by atoms with Gasteiger partial charge in [0, 0.05) is 19.3 Å². The zero-order valence-electron chi connectivity index (χ0n) is 18.5. The fourth-order valence-electron chi connectivity index (χ4n) is 3.47. The highest BCUT2D eigenvalue weighted by Crippen LogP contribution is 2.13. The molecular formula is C22H40N4O4. The van der Waals surface area contributed by atoms with Crippen molar-refractivity contribution in [1.82, 2.24) is 20.7 Å². The third-order valence-electron chi connectivity index (χ3n) is 5.38. The highest BCUT2D eigenvalue weighted by molar-refractivity contribution is 5.84. The van der Waals surface area contributed by atoms with Crippen LogP contribution in [0.2, 0.25) is 0 Å². The van der Waals surface area contributed by atoms with Crippen molar-refractivity contribution in [3.63, 3.8) is 0 Å². The second-order valence-corrected chi connectivity index (χ2v) is 8.24. The first kappa shape index (κ1) is 25.9. The minimum atomic E-state index is -1.08. The lowest BCUT2D eigenvalue weighted by Crippen LogP contribution is -2.40. The fourth-order valence-corrected chi connectivity index (χ4v) is 3.47. The predicted molar refractivity (Wildman–Crippen MR) is 116 cm³/mol. The van der Waals surface area contributed by atoms with Gasteiger partial charge in [-0.25, -0.2) is 10.0 Å². The normalized spacial score (nSPS) is 12.0. The highest BCUT2D eigenvalue weighted by Gasteiger charge is 2.19. The van der Waals surface area contributed by atoms with Crippen LogP contribution in [0.1, 0.15) is 109 Å². The van der Waals surface area contributed by atoms with Gasteiger partial charge in [-0.2, -0.15) is 0 Å². The molecule has 172 valence electrons. The van der Waals surface area contributed by atoms with Crippen LogP contribution < -0.4 is 5.32 Å². The molecule has 30 heavy (non-hydrogen) atoms. The summed E-state index contributed by atoms with van der Waals surface area (Å²) in [6.07, 6.45) is 16.1. The maximum atomic E-state index is 11.9. The van der Waals surface area contributed by atoms with Gasteiger partial charge in [0.05, 0.1) is 0 Å². The number of carbonyl (C=O) groups excluding carboxylic acids is 2. The summed E-state index contributed by atoms with van der Waals surface area (Å²) in [7, 11) is 0. The Labute approximate surface area is 179 Å². The molecule has 0 unspecified atom stereocenters. The number of carboxylic acid groups (broad SMARTS) is 1. The third kappa shape index (κ3) is 14.0. The number of H-pyrrole nitrogens is 2. The number of amides is 1. The summed E-state index contributed by atoms with van der Waals surface area (Å²) in [6, 6.07) is -0.965. The van der Waals surface area contributed by atoms with E-state index in [1.807, 2.05) is 0 Å². The lowest BCUT2D eigenvalue weighted by molar-refractivity contribution is -0.142. The number of aromatic nitrogens is 3. The molecule has 0 radical (unpaired) electrons. The Morgan fingerprint density at radius 2 is 1.37 bits per heavy atom. The Balaban J connectivity index is 1.85. The SMILES string of the molecule is CC(=O)CC[C@H](NC(=O)CCCCCCCCCCCCCCc1n[nH][nH]1)C(=O)O. The van der Waals surface area contributed by atoms with Crippen molar-refractivity contribution in [3.8, 4) is 0 Å². The Morgan fingerprint density at radius 3 is 1.80 bits per heavy atom. The number of hydrogen-bond donors (Lipinski definition) is 4. The van der Waals surface area contributed by atoms with Gasteiger partial charge in [0.15, 0.2) is 0 Å². The standard InChI is InChI=1S/C22H40N4O4/c1-18(27)16-17-19(22(29)30)23-21(28)15-13-11-9-7-5-3-2-4-6-8-10-12-14-20-24-26-25-20/h19,26H,2-17H2,1H3,(H,23,28)(H,24,25)(H,29,30)/t19-/m0/s1. The number of rotatable bonds is 20. The minimum absolute atomic E-state index is 0.0683. The van der Waals surface area contributed by atoms with Crippen LogP contribution in [0.3, 0.4) is 0 Å². The second-order valence-electron chi connectivity index (χ2n) is 8.24. The Kier molecular flexibility index (Phi) is 14.4. The molecule has 1 aromatic rings. The Morgan fingerprint density at radius 1 is 0.867 bits per heavy atom. The van der Waals surface area contributed by atoms with Crippen molar-refractivity contribution in [1.29, 1.82) is 0 Å². The largest absolute Gasteiger partial charge is 0.480 e. The molecule has 0 saturated carbocycles. The number of aromatic amines is 2. The lowest BCUT2D eigenvalue weighted by atomic mass is 10.0. The average Bonchev–Trinajstić information content (AvgIpc) is 2.66. The summed E-state index contributed by atoms with van der Waals surface area (Å²) < 4.78 is 0. The molecule has 8 nitrogen and oxygen atoms in total. The minimum Gasteiger partial charge on any atom is -0.480 e. The molecule has 1 atom stereocenters. The molecule has 0 aromatic carbocycles. The van der Waals surface area contributed by atoms with Crippen LogP contribution in [0.25, 0.3) is 0 Å². The van der Waals surface area contributed by atoms with E-state index in [2.05, 4.69) is 20.7 Å². The van der Waals surface area contributed by atoms with Gasteiger partial charge in [0.1, 0.15) is 17.6 Å². The number of hydrogen-bond acceptors (Lipinski definition) is 4. The maximum absolute atomic E-state index is 11.9. The van der Waals surface area contributed by atoms with Crippen molar-refractivity contribution in [3.05, 3.63) is 5.82 Å². The fraction of sp³-hybridized carbons (Fsp3) is 0.818. The Bertz CT molecular complexity index is 588. The molecule has 1 rings (SSSR count). The van der Waals surface area contributed by atoms with Gasteiger partial charge in [-0.3, -0.25) is 9.89 Å². The highest BCUT2D eigenvalue weighted by atomic mass is 16.4. The van der Waals surface area contributed by atoms with E-state index < -0.39 is 12.0 Å². The molecule has 0 aliphatic carbocycles. The summed E-state index contributed by atoms with van der Waals surface area (Å²) in [5.41, 5.74) is 0. The number of nitrogens with zero attached hydrogens (tertiary/aromatic N) is 1. The van der Waals surface area contributed by atoms with Crippen molar-refractivity contribution >= 4 is 17.7 Å². The predicted octanol–water partition coefficient (Wildman–Crippen LogP) is 4.29. The first-order valence-electron chi connectivity index (χ1n) is 11.6. The number of carbonyl (C=O) groups is 3. The van der Waals surface area contributed by atoms with Crippen LogP contribution >= 0.6 is 0 Å². The average molecular weight is 425 g/mol. The zero-order chi connectivity index (χ0) is 22.0. The van der Waals surface area contributed by atoms with Crippen molar-refractivity contribution in [2.45, 2.75) is 116 Å². The van der Waals surface area contributed by atoms with E-state index in [-0.39, 0.29) is 24.5 Å². The van der Waals surface area contributed by atoms with E-state index in [4.69, 9.17) is 5.11 Å². The molecule has 8 heteroatoms. The first-order valence-corrected chi connectivity index (χ1v) is 11.6. The van der Waals surface area contributed by atoms with Gasteiger partial charge in [-0.05, 0) is 26.2 Å². The monoisotopic (exact) mass is 424 g/mol. The molecule has 0 fully saturated rings. The number of carboxylic acids is 1.